The molecule has 2 saturated heterocycles. The van der Waals surface area contributed by atoms with Crippen molar-refractivity contribution in [2.45, 2.75) is 63.3 Å². The first-order valence-electron chi connectivity index (χ1n) is 6.80. The number of aliphatic hydroxyl groups is 1. The smallest absolute Gasteiger partial charge is 0.0776 e. The summed E-state index contributed by atoms with van der Waals surface area (Å²) < 4.78 is 0. The molecule has 1 N–H and O–H groups in total. The zero-order valence-corrected chi connectivity index (χ0v) is 10.5. The van der Waals surface area contributed by atoms with Crippen molar-refractivity contribution >= 4 is 0 Å². The molecule has 92 valence electrons. The van der Waals surface area contributed by atoms with E-state index in [0.29, 0.717) is 6.04 Å². The first-order valence-corrected chi connectivity index (χ1v) is 6.80. The van der Waals surface area contributed by atoms with E-state index in [2.05, 4.69) is 23.6 Å². The summed E-state index contributed by atoms with van der Waals surface area (Å²) in [5.41, 5.74) is -0.306. The minimum absolute atomic E-state index is 0.306. The second kappa shape index (κ2) is 3.69. The van der Waals surface area contributed by atoms with E-state index in [0.717, 1.165) is 31.5 Å². The van der Waals surface area contributed by atoms with E-state index in [9.17, 15) is 5.11 Å². The van der Waals surface area contributed by atoms with Crippen LogP contribution in [0.2, 0.25) is 0 Å². The first-order chi connectivity index (χ1) is 7.57. The molecule has 1 saturated carbocycles. The molecule has 0 aromatic heterocycles. The highest BCUT2D eigenvalue weighted by Crippen LogP contribution is 2.38. The molecule has 0 radical (unpaired) electrons. The highest BCUT2D eigenvalue weighted by atomic mass is 16.3. The molecule has 0 aromatic rings. The maximum Gasteiger partial charge on any atom is 0.0776 e. The number of fused-ring (bicyclic) bond motifs is 2. The van der Waals surface area contributed by atoms with Crippen molar-refractivity contribution in [2.75, 3.05) is 19.6 Å². The Bertz CT molecular complexity index is 261. The molecule has 2 aliphatic heterocycles. The average molecular weight is 224 g/mol. The average Bonchev–Trinajstić information content (AvgIpc) is 2.84. The Balaban J connectivity index is 1.63. The van der Waals surface area contributed by atoms with Crippen molar-refractivity contribution in [3.63, 3.8) is 0 Å². The van der Waals surface area contributed by atoms with Gasteiger partial charge in [-0.3, -0.25) is 9.80 Å². The zero-order valence-electron chi connectivity index (χ0n) is 10.5. The van der Waals surface area contributed by atoms with Gasteiger partial charge in [0.15, 0.2) is 0 Å². The molecular formula is C13H24N2O. The molecule has 16 heavy (non-hydrogen) atoms. The number of hydrogen-bond acceptors (Lipinski definition) is 3. The molecular weight excluding hydrogens is 200 g/mol. The summed E-state index contributed by atoms with van der Waals surface area (Å²) in [6.45, 7) is 7.91. The van der Waals surface area contributed by atoms with E-state index >= 15 is 0 Å². The molecule has 2 heterocycles. The van der Waals surface area contributed by atoms with E-state index in [1.807, 2.05) is 0 Å². The van der Waals surface area contributed by atoms with Gasteiger partial charge in [0.2, 0.25) is 0 Å². The van der Waals surface area contributed by atoms with Crippen LogP contribution in [-0.4, -0.2) is 58.3 Å². The van der Waals surface area contributed by atoms with Crippen LogP contribution >= 0.6 is 0 Å². The molecule has 3 fully saturated rings. The summed E-state index contributed by atoms with van der Waals surface area (Å²) in [7, 11) is 0. The Hall–Kier alpha value is -0.120. The van der Waals surface area contributed by atoms with E-state index in [1.165, 1.54) is 25.9 Å². The second-order valence-corrected chi connectivity index (χ2v) is 6.34. The van der Waals surface area contributed by atoms with Gasteiger partial charge in [-0.05, 0) is 39.5 Å². The highest BCUT2D eigenvalue weighted by Gasteiger charge is 2.46. The number of piperazine rings is 1. The zero-order chi connectivity index (χ0) is 11.3. The van der Waals surface area contributed by atoms with Crippen LogP contribution in [0.5, 0.6) is 0 Å². The van der Waals surface area contributed by atoms with Crippen LogP contribution in [0.1, 0.15) is 39.5 Å². The van der Waals surface area contributed by atoms with Crippen molar-refractivity contribution < 1.29 is 5.11 Å². The van der Waals surface area contributed by atoms with Crippen molar-refractivity contribution in [1.82, 2.24) is 9.80 Å². The number of hydrogen-bond donors (Lipinski definition) is 1. The largest absolute Gasteiger partial charge is 0.389 e. The molecule has 2 unspecified atom stereocenters. The standard InChI is InChI=1S/C13H24N2O/c1-10(2)15-11-3-4-12(15)8-14(7-11)9-13(16)5-6-13/h10-12,16H,3-9H2,1-2H3. The normalized spacial score (nSPS) is 38.2. The van der Waals surface area contributed by atoms with Gasteiger partial charge in [-0.1, -0.05) is 0 Å². The van der Waals surface area contributed by atoms with Gasteiger partial charge in [-0.2, -0.15) is 0 Å². The molecule has 1 aliphatic carbocycles. The number of nitrogens with zero attached hydrogens (tertiary/aromatic N) is 2. The van der Waals surface area contributed by atoms with Crippen molar-refractivity contribution in [2.24, 2.45) is 0 Å². The third-order valence-electron chi connectivity index (χ3n) is 4.56. The lowest BCUT2D eigenvalue weighted by atomic mass is 10.1. The lowest BCUT2D eigenvalue weighted by molar-refractivity contribution is 0.0123. The third-order valence-corrected chi connectivity index (χ3v) is 4.56. The summed E-state index contributed by atoms with van der Waals surface area (Å²) in [6, 6.07) is 2.19. The van der Waals surface area contributed by atoms with E-state index in [1.54, 1.807) is 0 Å². The minimum Gasteiger partial charge on any atom is -0.389 e. The summed E-state index contributed by atoms with van der Waals surface area (Å²) >= 11 is 0. The molecule has 2 bridgehead atoms. The van der Waals surface area contributed by atoms with Crippen LogP contribution < -0.4 is 0 Å². The van der Waals surface area contributed by atoms with E-state index in [-0.39, 0.29) is 5.60 Å². The Labute approximate surface area is 98.4 Å². The van der Waals surface area contributed by atoms with Crippen LogP contribution in [0.3, 0.4) is 0 Å². The Kier molecular flexibility index (Phi) is 2.54. The van der Waals surface area contributed by atoms with Gasteiger partial charge in [0, 0.05) is 37.8 Å². The highest BCUT2D eigenvalue weighted by molar-refractivity contribution is 5.02. The van der Waals surface area contributed by atoms with E-state index < -0.39 is 0 Å². The molecule has 2 atom stereocenters. The quantitative estimate of drug-likeness (QED) is 0.777. The van der Waals surface area contributed by atoms with Crippen molar-refractivity contribution in [3.8, 4) is 0 Å². The second-order valence-electron chi connectivity index (χ2n) is 6.34. The van der Waals surface area contributed by atoms with Gasteiger partial charge in [0.25, 0.3) is 0 Å². The van der Waals surface area contributed by atoms with Gasteiger partial charge in [0.05, 0.1) is 5.60 Å². The van der Waals surface area contributed by atoms with Gasteiger partial charge < -0.3 is 5.11 Å². The summed E-state index contributed by atoms with van der Waals surface area (Å²) in [5, 5.41) is 9.99. The monoisotopic (exact) mass is 224 g/mol. The number of rotatable bonds is 3. The summed E-state index contributed by atoms with van der Waals surface area (Å²) in [5.74, 6) is 0. The molecule has 3 rings (SSSR count). The summed E-state index contributed by atoms with van der Waals surface area (Å²) in [6.07, 6.45) is 4.76. The summed E-state index contributed by atoms with van der Waals surface area (Å²) in [4.78, 5) is 5.21. The van der Waals surface area contributed by atoms with Crippen LogP contribution in [0, 0.1) is 0 Å². The fourth-order valence-corrected chi connectivity index (χ4v) is 3.71. The van der Waals surface area contributed by atoms with Gasteiger partial charge >= 0.3 is 0 Å². The molecule has 3 aliphatic rings. The van der Waals surface area contributed by atoms with Gasteiger partial charge in [-0.15, -0.1) is 0 Å². The van der Waals surface area contributed by atoms with Crippen LogP contribution in [0.25, 0.3) is 0 Å². The van der Waals surface area contributed by atoms with Crippen molar-refractivity contribution in [1.29, 1.82) is 0 Å². The predicted octanol–water partition coefficient (Wildman–Crippen LogP) is 1.07. The van der Waals surface area contributed by atoms with Gasteiger partial charge in [0.1, 0.15) is 0 Å². The number of likely N-dealkylation sites (tertiary alicyclic amines) is 1. The molecule has 3 heteroatoms. The van der Waals surface area contributed by atoms with Crippen molar-refractivity contribution in [3.05, 3.63) is 0 Å². The Morgan fingerprint density at radius 3 is 2.19 bits per heavy atom. The van der Waals surface area contributed by atoms with Gasteiger partial charge in [-0.25, -0.2) is 0 Å². The Morgan fingerprint density at radius 2 is 1.75 bits per heavy atom. The van der Waals surface area contributed by atoms with Crippen LogP contribution in [0.15, 0.2) is 0 Å². The maximum atomic E-state index is 9.99. The minimum atomic E-state index is -0.306. The van der Waals surface area contributed by atoms with Crippen LogP contribution in [-0.2, 0) is 0 Å². The number of β-amino-alcohol motifs (C(OH)–C–C–N with tert-alkyl or cyclic N) is 1. The maximum absolute atomic E-state index is 9.99. The molecule has 0 spiro atoms. The lowest BCUT2D eigenvalue weighted by Gasteiger charge is -2.43. The predicted molar refractivity (Wildman–Crippen MR) is 64.4 cm³/mol. The topological polar surface area (TPSA) is 26.7 Å². The molecule has 0 aromatic carbocycles. The van der Waals surface area contributed by atoms with E-state index in [4.69, 9.17) is 0 Å². The fourth-order valence-electron chi connectivity index (χ4n) is 3.71. The third kappa shape index (κ3) is 1.89. The lowest BCUT2D eigenvalue weighted by Crippen LogP contribution is -2.57. The molecule has 0 amide bonds. The SMILES string of the molecule is CC(C)N1C2CCC1CN(CC1(O)CC1)C2. The molecule has 3 nitrogen and oxygen atoms in total. The Morgan fingerprint density at radius 1 is 1.19 bits per heavy atom. The first kappa shape index (κ1) is 11.0. The van der Waals surface area contributed by atoms with Crippen LogP contribution in [0.4, 0.5) is 0 Å². The fraction of sp³-hybridized carbons (Fsp3) is 1.00.